The van der Waals surface area contributed by atoms with Gasteiger partial charge in [-0.05, 0) is 50.8 Å². The maximum absolute atomic E-state index is 2.53. The van der Waals surface area contributed by atoms with Crippen LogP contribution in [0.5, 0.6) is 0 Å². The molecule has 0 saturated heterocycles. The molecule has 1 atom stereocenters. The van der Waals surface area contributed by atoms with Crippen molar-refractivity contribution in [3.63, 3.8) is 0 Å². The van der Waals surface area contributed by atoms with Crippen LogP contribution in [0.25, 0.3) is 0 Å². The number of nitrogens with zero attached hydrogens (tertiary/aromatic N) is 2. The summed E-state index contributed by atoms with van der Waals surface area (Å²) in [6.07, 6.45) is 0.408. The van der Waals surface area contributed by atoms with E-state index >= 15 is 0 Å². The van der Waals surface area contributed by atoms with Crippen molar-refractivity contribution in [1.29, 1.82) is 0 Å². The molecule has 0 aliphatic carbocycles. The molecule has 1 aliphatic heterocycles. The molecule has 2 nitrogen and oxygen atoms in total. The second kappa shape index (κ2) is 4.16. The second-order valence-corrected chi connectivity index (χ2v) is 7.74. The Bertz CT molecular complexity index is 477. The molecule has 0 spiro atoms. The van der Waals surface area contributed by atoms with E-state index in [1.54, 1.807) is 0 Å². The summed E-state index contributed by atoms with van der Waals surface area (Å²) in [6, 6.07) is 6.92. The molecule has 1 aromatic rings. The molecule has 0 N–H and O–H groups in total. The van der Waals surface area contributed by atoms with E-state index in [0.717, 1.165) is 0 Å². The van der Waals surface area contributed by atoms with Gasteiger partial charge in [-0.15, -0.1) is 0 Å². The molecule has 1 aliphatic rings. The minimum Gasteiger partial charge on any atom is -0.353 e. The van der Waals surface area contributed by atoms with Crippen LogP contribution in [0.4, 0.5) is 11.4 Å². The fourth-order valence-electron chi connectivity index (χ4n) is 2.98. The van der Waals surface area contributed by atoms with Crippen LogP contribution in [0.15, 0.2) is 18.2 Å². The Kier molecular flexibility index (Phi) is 3.11. The number of benzene rings is 1. The molecule has 0 amide bonds. The number of hydrogen-bond donors (Lipinski definition) is 0. The smallest absolute Gasteiger partial charge is 0.0990 e. The van der Waals surface area contributed by atoms with Crippen LogP contribution in [0.1, 0.15) is 54.0 Å². The van der Waals surface area contributed by atoms with Crippen molar-refractivity contribution in [2.75, 3.05) is 16.8 Å². The molecular formula is C17H28N2. The van der Waals surface area contributed by atoms with Gasteiger partial charge in [0.25, 0.3) is 0 Å². The topological polar surface area (TPSA) is 6.48 Å². The van der Waals surface area contributed by atoms with E-state index in [1.807, 2.05) is 0 Å². The highest BCUT2D eigenvalue weighted by atomic mass is 15.4. The van der Waals surface area contributed by atoms with Gasteiger partial charge in [-0.25, -0.2) is 0 Å². The zero-order valence-corrected chi connectivity index (χ0v) is 13.7. The first-order valence-corrected chi connectivity index (χ1v) is 7.20. The van der Waals surface area contributed by atoms with Crippen molar-refractivity contribution in [3.8, 4) is 0 Å². The molecule has 19 heavy (non-hydrogen) atoms. The Hall–Kier alpha value is -1.18. The third-order valence-electron chi connectivity index (χ3n) is 4.14. The van der Waals surface area contributed by atoms with Crippen molar-refractivity contribution in [2.24, 2.45) is 0 Å². The van der Waals surface area contributed by atoms with Gasteiger partial charge < -0.3 is 9.80 Å². The Balaban J connectivity index is 2.57. The lowest BCUT2D eigenvalue weighted by atomic mass is 9.86. The van der Waals surface area contributed by atoms with Crippen molar-refractivity contribution < 1.29 is 0 Å². The zero-order valence-electron chi connectivity index (χ0n) is 13.7. The summed E-state index contributed by atoms with van der Waals surface area (Å²) >= 11 is 0. The fourth-order valence-corrected chi connectivity index (χ4v) is 2.98. The molecule has 1 heterocycles. The van der Waals surface area contributed by atoms with Gasteiger partial charge in [0.1, 0.15) is 0 Å². The first kappa shape index (κ1) is 14.2. The van der Waals surface area contributed by atoms with Gasteiger partial charge in [0.2, 0.25) is 0 Å². The predicted molar refractivity (Wildman–Crippen MR) is 85.2 cm³/mol. The van der Waals surface area contributed by atoms with E-state index in [-0.39, 0.29) is 11.0 Å². The van der Waals surface area contributed by atoms with E-state index in [2.05, 4.69) is 83.5 Å². The standard InChI is InChI=1S/C17H28N2/c1-12-18(8)14-10-9-13(16(2,3)4)11-15(14)19(12)17(5,6)7/h9-12H,1-8H3/t12-/m0/s1. The van der Waals surface area contributed by atoms with Crippen molar-refractivity contribution in [1.82, 2.24) is 0 Å². The Morgan fingerprint density at radius 3 is 2.00 bits per heavy atom. The van der Waals surface area contributed by atoms with E-state index in [1.165, 1.54) is 16.9 Å². The maximum Gasteiger partial charge on any atom is 0.0990 e. The van der Waals surface area contributed by atoms with E-state index < -0.39 is 0 Å². The highest BCUT2D eigenvalue weighted by Gasteiger charge is 2.37. The summed E-state index contributed by atoms with van der Waals surface area (Å²) in [4.78, 5) is 4.89. The van der Waals surface area contributed by atoms with Crippen molar-refractivity contribution in [3.05, 3.63) is 23.8 Å². The maximum atomic E-state index is 2.53. The van der Waals surface area contributed by atoms with Crippen LogP contribution in [-0.4, -0.2) is 18.8 Å². The molecular weight excluding hydrogens is 232 g/mol. The monoisotopic (exact) mass is 260 g/mol. The van der Waals surface area contributed by atoms with Crippen molar-refractivity contribution >= 4 is 11.4 Å². The number of anilines is 2. The molecule has 0 aromatic heterocycles. The molecule has 0 fully saturated rings. The summed E-state index contributed by atoms with van der Waals surface area (Å²) in [7, 11) is 2.19. The Morgan fingerprint density at radius 2 is 1.53 bits per heavy atom. The summed E-state index contributed by atoms with van der Waals surface area (Å²) in [5, 5.41) is 0. The molecule has 0 saturated carbocycles. The van der Waals surface area contributed by atoms with Gasteiger partial charge in [0, 0.05) is 12.6 Å². The Morgan fingerprint density at radius 1 is 0.947 bits per heavy atom. The van der Waals surface area contributed by atoms with Gasteiger partial charge in [-0.1, -0.05) is 26.8 Å². The molecule has 2 rings (SSSR count). The third kappa shape index (κ3) is 2.33. The van der Waals surface area contributed by atoms with Crippen LogP contribution >= 0.6 is 0 Å². The van der Waals surface area contributed by atoms with Crippen LogP contribution in [0.3, 0.4) is 0 Å². The lowest BCUT2D eigenvalue weighted by Gasteiger charge is -2.39. The minimum absolute atomic E-state index is 0.134. The highest BCUT2D eigenvalue weighted by Crippen LogP contribution is 2.44. The normalized spacial score (nSPS) is 19.9. The average molecular weight is 260 g/mol. The van der Waals surface area contributed by atoms with E-state index in [4.69, 9.17) is 0 Å². The lowest BCUT2D eigenvalue weighted by Crippen LogP contribution is -2.49. The van der Waals surface area contributed by atoms with Gasteiger partial charge in [0.05, 0.1) is 17.5 Å². The van der Waals surface area contributed by atoms with Gasteiger partial charge in [0.15, 0.2) is 0 Å². The largest absolute Gasteiger partial charge is 0.353 e. The molecule has 0 radical (unpaired) electrons. The Labute approximate surface area is 118 Å². The average Bonchev–Trinajstić information content (AvgIpc) is 2.49. The van der Waals surface area contributed by atoms with E-state index in [0.29, 0.717) is 6.17 Å². The number of hydrogen-bond acceptors (Lipinski definition) is 2. The van der Waals surface area contributed by atoms with Crippen LogP contribution < -0.4 is 9.80 Å². The fraction of sp³-hybridized carbons (Fsp3) is 0.647. The first-order valence-electron chi connectivity index (χ1n) is 7.20. The number of rotatable bonds is 0. The molecule has 106 valence electrons. The molecule has 1 aromatic carbocycles. The third-order valence-corrected chi connectivity index (χ3v) is 4.14. The SMILES string of the molecule is C[C@H]1N(C)c2ccc(C(C)(C)C)cc2N1C(C)(C)C. The lowest BCUT2D eigenvalue weighted by molar-refractivity contribution is 0.463. The van der Waals surface area contributed by atoms with Crippen LogP contribution in [0.2, 0.25) is 0 Å². The van der Waals surface area contributed by atoms with Gasteiger partial charge in [-0.3, -0.25) is 0 Å². The highest BCUT2D eigenvalue weighted by molar-refractivity contribution is 5.79. The predicted octanol–water partition coefficient (Wildman–Crippen LogP) is 4.38. The summed E-state index contributed by atoms with van der Waals surface area (Å²) < 4.78 is 0. The summed E-state index contributed by atoms with van der Waals surface area (Å²) in [6.45, 7) is 16.0. The summed E-state index contributed by atoms with van der Waals surface area (Å²) in [5.74, 6) is 0. The molecule has 2 heteroatoms. The first-order chi connectivity index (χ1) is 8.53. The summed E-state index contributed by atoms with van der Waals surface area (Å²) in [5.41, 5.74) is 4.45. The second-order valence-electron chi connectivity index (χ2n) is 7.74. The van der Waals surface area contributed by atoms with Gasteiger partial charge >= 0.3 is 0 Å². The van der Waals surface area contributed by atoms with Gasteiger partial charge in [-0.2, -0.15) is 0 Å². The molecule has 0 unspecified atom stereocenters. The van der Waals surface area contributed by atoms with Crippen LogP contribution in [0, 0.1) is 0 Å². The quantitative estimate of drug-likeness (QED) is 0.683. The zero-order chi connectivity index (χ0) is 14.6. The minimum atomic E-state index is 0.134. The molecule has 0 bridgehead atoms. The number of fused-ring (bicyclic) bond motifs is 1. The van der Waals surface area contributed by atoms with E-state index in [9.17, 15) is 0 Å². The van der Waals surface area contributed by atoms with Crippen LogP contribution in [-0.2, 0) is 5.41 Å². The van der Waals surface area contributed by atoms with Crippen molar-refractivity contribution in [2.45, 2.75) is 65.6 Å².